The van der Waals surface area contributed by atoms with Crippen LogP contribution in [0.15, 0.2) is 17.5 Å². The number of nitrogens with zero attached hydrogens (tertiary/aromatic N) is 2. The first-order valence-electron chi connectivity index (χ1n) is 18.9. The standard InChI is InChI=1S/C35H62N12O10S2/c1-18(2)13-25(34(56)57)45-29(51)22(7-6-10-40-35(37)38)42-30(52)23(9-12-59-5)43-32(54)26(16-48)46-31(53)24(14-20-15-39-17-41-20)44-33(55)27(19(3)49)47-28(50)21(36)8-11-58-4/h15,17-19,21-27,48-49H,6-14,16,36H2,1-5H3,(H,39,41)(H,42,52)(H,43,54)(H,44,55)(H,45,51)(H,46,53)(H,47,50)(H,56,57)(H4,37,38,40)/t19-,21+,22+,23+,24+,25+,26+,27+/m1/s1. The lowest BCUT2D eigenvalue weighted by molar-refractivity contribution is -0.143. The summed E-state index contributed by atoms with van der Waals surface area (Å²) in [6, 6.07) is -9.38. The molecule has 0 radical (unpaired) electrons. The van der Waals surface area contributed by atoms with Gasteiger partial charge in [0.2, 0.25) is 35.4 Å². The normalized spacial score (nSPS) is 15.2. The van der Waals surface area contributed by atoms with Crippen molar-refractivity contribution in [2.75, 3.05) is 37.2 Å². The fraction of sp³-hybridized carbons (Fsp3) is 0.686. The Kier molecular flexibility index (Phi) is 24.8. The lowest BCUT2D eigenvalue weighted by Gasteiger charge is -2.27. The summed E-state index contributed by atoms with van der Waals surface area (Å²) in [6.45, 7) is 3.99. The maximum absolute atomic E-state index is 13.7. The highest BCUT2D eigenvalue weighted by Crippen LogP contribution is 2.10. The number of hydrogen-bond acceptors (Lipinski definition) is 14. The highest BCUT2D eigenvalue weighted by Gasteiger charge is 2.35. The zero-order valence-electron chi connectivity index (χ0n) is 34.1. The van der Waals surface area contributed by atoms with Gasteiger partial charge in [-0.25, -0.2) is 9.78 Å². The molecule has 1 rings (SSSR count). The number of nitrogens with one attached hydrogen (secondary N) is 7. The van der Waals surface area contributed by atoms with E-state index in [1.807, 2.05) is 6.26 Å². The smallest absolute Gasteiger partial charge is 0.326 e. The summed E-state index contributed by atoms with van der Waals surface area (Å²) in [6.07, 6.45) is 5.38. The van der Waals surface area contributed by atoms with E-state index in [2.05, 4.69) is 46.9 Å². The first-order chi connectivity index (χ1) is 27.8. The molecule has 0 bridgehead atoms. The van der Waals surface area contributed by atoms with Gasteiger partial charge in [0.15, 0.2) is 5.96 Å². The van der Waals surface area contributed by atoms with Crippen LogP contribution in [0.4, 0.5) is 0 Å². The number of aliphatic carboxylic acids is 1. The van der Waals surface area contributed by atoms with Crippen molar-refractivity contribution in [2.45, 2.75) is 108 Å². The van der Waals surface area contributed by atoms with E-state index in [0.29, 0.717) is 23.6 Å². The SMILES string of the molecule is CSCC[C@H](NC(=O)[C@H](CO)NC(=O)[C@H](Cc1cnc[nH]1)NC(=O)[C@@H](NC(=O)[C@@H](N)CCSC)[C@@H](C)O)C(=O)N[C@@H](CCCN=C(N)N)C(=O)N[C@@H](CC(C)C)C(=O)O. The van der Waals surface area contributed by atoms with Crippen LogP contribution in [-0.2, 0) is 40.0 Å². The number of imidazole rings is 1. The Balaban J connectivity index is 3.28. The molecule has 1 aromatic heterocycles. The third kappa shape index (κ3) is 20.2. The number of guanidine groups is 1. The van der Waals surface area contributed by atoms with Crippen LogP contribution in [0.5, 0.6) is 0 Å². The van der Waals surface area contributed by atoms with Crippen molar-refractivity contribution in [3.8, 4) is 0 Å². The number of carbonyl (C=O) groups is 7. The number of aliphatic hydroxyl groups excluding tert-OH is 2. The van der Waals surface area contributed by atoms with Crippen molar-refractivity contribution in [3.63, 3.8) is 0 Å². The Morgan fingerprint density at radius 1 is 0.763 bits per heavy atom. The molecule has 0 saturated heterocycles. The number of carbonyl (C=O) groups excluding carboxylic acids is 6. The number of rotatable bonds is 29. The average Bonchev–Trinajstić information content (AvgIpc) is 3.69. The zero-order chi connectivity index (χ0) is 44.7. The highest BCUT2D eigenvalue weighted by molar-refractivity contribution is 7.98. The zero-order valence-corrected chi connectivity index (χ0v) is 35.7. The van der Waals surface area contributed by atoms with Crippen LogP contribution in [0.1, 0.15) is 58.6 Å². The van der Waals surface area contributed by atoms with Gasteiger partial charge in [-0.2, -0.15) is 23.5 Å². The molecule has 334 valence electrons. The fourth-order valence-electron chi connectivity index (χ4n) is 5.38. The molecule has 0 aliphatic carbocycles. The molecule has 0 unspecified atom stereocenters. The number of carboxylic acids is 1. The number of nitrogens with two attached hydrogens (primary N) is 3. The summed E-state index contributed by atoms with van der Waals surface area (Å²) in [4.78, 5) is 103. The summed E-state index contributed by atoms with van der Waals surface area (Å²) in [5.74, 6) is -5.78. The van der Waals surface area contributed by atoms with Crippen LogP contribution >= 0.6 is 23.5 Å². The Morgan fingerprint density at radius 2 is 1.29 bits per heavy atom. The molecule has 0 aromatic carbocycles. The van der Waals surface area contributed by atoms with Crippen LogP contribution in [0.2, 0.25) is 0 Å². The minimum Gasteiger partial charge on any atom is -0.480 e. The van der Waals surface area contributed by atoms with Crippen LogP contribution in [-0.4, -0.2) is 158 Å². The van der Waals surface area contributed by atoms with Crippen LogP contribution in [0.25, 0.3) is 0 Å². The van der Waals surface area contributed by atoms with Gasteiger partial charge in [-0.05, 0) is 69.0 Å². The van der Waals surface area contributed by atoms with Crippen molar-refractivity contribution in [1.29, 1.82) is 0 Å². The minimum absolute atomic E-state index is 0.00521. The summed E-state index contributed by atoms with van der Waals surface area (Å²) >= 11 is 2.82. The maximum atomic E-state index is 13.7. The van der Waals surface area contributed by atoms with Gasteiger partial charge >= 0.3 is 5.97 Å². The van der Waals surface area contributed by atoms with Crippen LogP contribution < -0.4 is 49.1 Å². The van der Waals surface area contributed by atoms with E-state index in [-0.39, 0.29) is 50.5 Å². The molecule has 0 spiro atoms. The Hall–Kier alpha value is -4.65. The Morgan fingerprint density at radius 3 is 1.80 bits per heavy atom. The molecule has 8 atom stereocenters. The quantitative estimate of drug-likeness (QED) is 0.0209. The van der Waals surface area contributed by atoms with E-state index in [4.69, 9.17) is 17.2 Å². The molecule has 22 nitrogen and oxygen atoms in total. The molecular weight excluding hydrogens is 813 g/mol. The molecule has 0 aliphatic rings. The van der Waals surface area contributed by atoms with Gasteiger partial charge in [-0.15, -0.1) is 0 Å². The molecule has 24 heteroatoms. The van der Waals surface area contributed by atoms with Gasteiger partial charge in [-0.3, -0.25) is 33.8 Å². The molecule has 6 amide bonds. The number of carboxylic acid groups (broad SMARTS) is 1. The Labute approximate surface area is 352 Å². The van der Waals surface area contributed by atoms with Gasteiger partial charge in [0.25, 0.3) is 0 Å². The van der Waals surface area contributed by atoms with Gasteiger partial charge < -0.3 is 69.4 Å². The van der Waals surface area contributed by atoms with Crippen molar-refractivity contribution < 1.29 is 48.9 Å². The molecule has 59 heavy (non-hydrogen) atoms. The average molecular weight is 875 g/mol. The largest absolute Gasteiger partial charge is 0.480 e. The number of aromatic nitrogens is 2. The number of hydrogen-bond donors (Lipinski definition) is 13. The van der Waals surface area contributed by atoms with Crippen LogP contribution in [0.3, 0.4) is 0 Å². The summed E-state index contributed by atoms with van der Waals surface area (Å²) in [5.41, 5.74) is 17.1. The van der Waals surface area contributed by atoms with Gasteiger partial charge in [0, 0.05) is 24.9 Å². The van der Waals surface area contributed by atoms with Gasteiger partial charge in [0.05, 0.1) is 25.1 Å². The van der Waals surface area contributed by atoms with Gasteiger partial charge in [-0.1, -0.05) is 13.8 Å². The second kappa shape index (κ2) is 27.9. The molecular formula is C35H62N12O10S2. The molecule has 0 fully saturated rings. The number of aromatic amines is 1. The second-order valence-electron chi connectivity index (χ2n) is 14.1. The van der Waals surface area contributed by atoms with E-state index in [1.54, 1.807) is 20.1 Å². The second-order valence-corrected chi connectivity index (χ2v) is 16.1. The minimum atomic E-state index is -1.65. The summed E-state index contributed by atoms with van der Waals surface area (Å²) in [7, 11) is 0. The van der Waals surface area contributed by atoms with E-state index in [1.165, 1.54) is 43.0 Å². The third-order valence-electron chi connectivity index (χ3n) is 8.60. The third-order valence-corrected chi connectivity index (χ3v) is 9.89. The summed E-state index contributed by atoms with van der Waals surface area (Å²) in [5, 5.41) is 45.1. The molecule has 16 N–H and O–H groups in total. The first kappa shape index (κ1) is 52.4. The summed E-state index contributed by atoms with van der Waals surface area (Å²) < 4.78 is 0. The molecule has 1 aromatic rings. The number of aliphatic imine (C=N–C) groups is 1. The number of thioether (sulfide) groups is 2. The topological polar surface area (TPSA) is 371 Å². The number of amides is 6. The number of H-pyrrole nitrogens is 1. The van der Waals surface area contributed by atoms with E-state index >= 15 is 0 Å². The van der Waals surface area contributed by atoms with E-state index in [9.17, 15) is 48.9 Å². The molecule has 0 aliphatic heterocycles. The van der Waals surface area contributed by atoms with Crippen molar-refractivity contribution >= 4 is 70.9 Å². The van der Waals surface area contributed by atoms with Gasteiger partial charge in [0.1, 0.15) is 36.3 Å². The lowest BCUT2D eigenvalue weighted by Crippen LogP contribution is -2.62. The maximum Gasteiger partial charge on any atom is 0.326 e. The monoisotopic (exact) mass is 874 g/mol. The predicted octanol–water partition coefficient (Wildman–Crippen LogP) is -3.75. The molecule has 1 heterocycles. The fourth-order valence-corrected chi connectivity index (χ4v) is 6.34. The predicted molar refractivity (Wildman–Crippen MR) is 224 cm³/mol. The lowest BCUT2D eigenvalue weighted by atomic mass is 10.0. The van der Waals surface area contributed by atoms with Crippen molar-refractivity contribution in [1.82, 2.24) is 41.9 Å². The van der Waals surface area contributed by atoms with Crippen LogP contribution in [0, 0.1) is 5.92 Å². The highest BCUT2D eigenvalue weighted by atomic mass is 32.2. The van der Waals surface area contributed by atoms with Crippen molar-refractivity contribution in [2.24, 2.45) is 28.1 Å². The number of aliphatic hydroxyl groups is 2. The van der Waals surface area contributed by atoms with E-state index < -0.39 is 96.4 Å². The Bertz CT molecular complexity index is 1530. The van der Waals surface area contributed by atoms with E-state index in [0.717, 1.165) is 0 Å². The first-order valence-corrected chi connectivity index (χ1v) is 21.7. The molecule has 0 saturated carbocycles. The van der Waals surface area contributed by atoms with Crippen molar-refractivity contribution in [3.05, 3.63) is 18.2 Å².